The van der Waals surface area contributed by atoms with Crippen molar-refractivity contribution in [3.63, 3.8) is 0 Å². The average Bonchev–Trinajstić information content (AvgIpc) is 2.94. The van der Waals surface area contributed by atoms with Gasteiger partial charge in [-0.05, 0) is 37.5 Å². The minimum Gasteiger partial charge on any atom is -0.325 e. The largest absolute Gasteiger partial charge is 0.325 e. The predicted octanol–water partition coefficient (Wildman–Crippen LogP) is 3.00. The van der Waals surface area contributed by atoms with Gasteiger partial charge in [0, 0.05) is 5.92 Å². The zero-order valence-corrected chi connectivity index (χ0v) is 8.77. The minimum absolute atomic E-state index is 0.0949. The van der Waals surface area contributed by atoms with Crippen LogP contribution in [0.3, 0.4) is 0 Å². The molecule has 0 unspecified atom stereocenters. The topological polar surface area (TPSA) is 29.1 Å². The van der Waals surface area contributed by atoms with Gasteiger partial charge in [-0.1, -0.05) is 17.7 Å². The van der Waals surface area contributed by atoms with Gasteiger partial charge < -0.3 is 5.32 Å². The molecule has 0 spiro atoms. The predicted molar refractivity (Wildman–Crippen MR) is 57.5 cm³/mol. The molecule has 1 aliphatic rings. The SMILES string of the molecule is Cc1ccc(Cl)c(NC(=O)C2CC2)c1. The van der Waals surface area contributed by atoms with E-state index in [0.717, 1.165) is 24.1 Å². The zero-order chi connectivity index (χ0) is 10.1. The van der Waals surface area contributed by atoms with Crippen molar-refractivity contribution in [1.82, 2.24) is 0 Å². The highest BCUT2D eigenvalue weighted by Crippen LogP contribution is 2.31. The number of anilines is 1. The van der Waals surface area contributed by atoms with Crippen molar-refractivity contribution in [1.29, 1.82) is 0 Å². The van der Waals surface area contributed by atoms with Crippen LogP contribution < -0.4 is 5.32 Å². The number of carbonyl (C=O) groups excluding carboxylic acids is 1. The maximum Gasteiger partial charge on any atom is 0.227 e. The number of halogens is 1. The summed E-state index contributed by atoms with van der Waals surface area (Å²) in [6, 6.07) is 5.62. The molecule has 1 amide bonds. The summed E-state index contributed by atoms with van der Waals surface area (Å²) >= 11 is 5.95. The van der Waals surface area contributed by atoms with Crippen LogP contribution >= 0.6 is 11.6 Å². The second-order valence-electron chi connectivity index (χ2n) is 3.75. The Morgan fingerprint density at radius 2 is 2.21 bits per heavy atom. The van der Waals surface area contributed by atoms with Gasteiger partial charge in [-0.2, -0.15) is 0 Å². The minimum atomic E-state index is 0.0949. The van der Waals surface area contributed by atoms with Crippen LogP contribution in [0.1, 0.15) is 18.4 Å². The van der Waals surface area contributed by atoms with Gasteiger partial charge in [0.2, 0.25) is 5.91 Å². The first-order valence-corrected chi connectivity index (χ1v) is 5.11. The summed E-state index contributed by atoms with van der Waals surface area (Å²) in [4.78, 5) is 11.5. The number of nitrogens with one attached hydrogen (secondary N) is 1. The number of benzene rings is 1. The van der Waals surface area contributed by atoms with Crippen molar-refractivity contribution >= 4 is 23.2 Å². The quantitative estimate of drug-likeness (QED) is 0.797. The highest BCUT2D eigenvalue weighted by molar-refractivity contribution is 6.33. The second-order valence-corrected chi connectivity index (χ2v) is 4.15. The van der Waals surface area contributed by atoms with Gasteiger partial charge in [0.25, 0.3) is 0 Å². The summed E-state index contributed by atoms with van der Waals surface area (Å²) in [6.45, 7) is 1.98. The van der Waals surface area contributed by atoms with Gasteiger partial charge >= 0.3 is 0 Å². The first-order chi connectivity index (χ1) is 6.66. The Labute approximate surface area is 88.3 Å². The fourth-order valence-corrected chi connectivity index (χ4v) is 1.48. The fraction of sp³-hybridized carbons (Fsp3) is 0.364. The standard InChI is InChI=1S/C11H12ClNO/c1-7-2-5-9(12)10(6-7)13-11(14)8-3-4-8/h2,5-6,8H,3-4H2,1H3,(H,13,14). The van der Waals surface area contributed by atoms with Crippen LogP contribution in [0, 0.1) is 12.8 Å². The number of hydrogen-bond acceptors (Lipinski definition) is 1. The lowest BCUT2D eigenvalue weighted by Gasteiger charge is -2.07. The Morgan fingerprint density at radius 3 is 2.86 bits per heavy atom. The smallest absolute Gasteiger partial charge is 0.227 e. The Bertz CT molecular complexity index is 372. The molecule has 1 aromatic rings. The Morgan fingerprint density at radius 1 is 1.50 bits per heavy atom. The van der Waals surface area contributed by atoms with E-state index in [9.17, 15) is 4.79 Å². The highest BCUT2D eigenvalue weighted by Gasteiger charge is 2.29. The molecule has 0 atom stereocenters. The average molecular weight is 210 g/mol. The van der Waals surface area contributed by atoms with Crippen molar-refractivity contribution in [2.45, 2.75) is 19.8 Å². The summed E-state index contributed by atoms with van der Waals surface area (Å²) in [5, 5.41) is 3.44. The molecule has 74 valence electrons. The van der Waals surface area contributed by atoms with E-state index in [2.05, 4.69) is 5.32 Å². The molecule has 0 radical (unpaired) electrons. The lowest BCUT2D eigenvalue weighted by molar-refractivity contribution is -0.117. The lowest BCUT2D eigenvalue weighted by Crippen LogP contribution is -2.13. The molecule has 0 aromatic heterocycles. The first kappa shape index (κ1) is 9.53. The second kappa shape index (κ2) is 3.62. The van der Waals surface area contributed by atoms with Crippen LogP contribution in [0.5, 0.6) is 0 Å². The maximum absolute atomic E-state index is 11.5. The molecule has 14 heavy (non-hydrogen) atoms. The van der Waals surface area contributed by atoms with E-state index >= 15 is 0 Å². The molecular formula is C11H12ClNO. The highest BCUT2D eigenvalue weighted by atomic mass is 35.5. The van der Waals surface area contributed by atoms with Crippen molar-refractivity contribution < 1.29 is 4.79 Å². The third-order valence-corrected chi connectivity index (χ3v) is 2.66. The third-order valence-electron chi connectivity index (χ3n) is 2.33. The number of hydrogen-bond donors (Lipinski definition) is 1. The summed E-state index contributed by atoms with van der Waals surface area (Å²) in [5.41, 5.74) is 1.82. The molecule has 1 saturated carbocycles. The van der Waals surface area contributed by atoms with Crippen molar-refractivity contribution in [3.05, 3.63) is 28.8 Å². The summed E-state index contributed by atoms with van der Waals surface area (Å²) in [5.74, 6) is 0.309. The molecule has 0 bridgehead atoms. The van der Waals surface area contributed by atoms with Crippen LogP contribution in [0.2, 0.25) is 5.02 Å². The van der Waals surface area contributed by atoms with Gasteiger partial charge in [0.05, 0.1) is 10.7 Å². The number of aryl methyl sites for hydroxylation is 1. The van der Waals surface area contributed by atoms with Gasteiger partial charge in [-0.15, -0.1) is 0 Å². The van der Waals surface area contributed by atoms with E-state index in [-0.39, 0.29) is 11.8 Å². The molecule has 0 heterocycles. The number of carbonyl (C=O) groups is 1. The molecular weight excluding hydrogens is 198 g/mol. The van der Waals surface area contributed by atoms with Gasteiger partial charge in [0.1, 0.15) is 0 Å². The van der Waals surface area contributed by atoms with Crippen molar-refractivity contribution in [2.24, 2.45) is 5.92 Å². The molecule has 2 rings (SSSR count). The summed E-state index contributed by atoms with van der Waals surface area (Å²) < 4.78 is 0. The van der Waals surface area contributed by atoms with Gasteiger partial charge in [0.15, 0.2) is 0 Å². The van der Waals surface area contributed by atoms with E-state index in [0.29, 0.717) is 5.02 Å². The van der Waals surface area contributed by atoms with Crippen molar-refractivity contribution in [3.8, 4) is 0 Å². The molecule has 0 aliphatic heterocycles. The van der Waals surface area contributed by atoms with Crippen LogP contribution in [-0.2, 0) is 4.79 Å². The lowest BCUT2D eigenvalue weighted by atomic mass is 10.2. The summed E-state index contributed by atoms with van der Waals surface area (Å²) in [7, 11) is 0. The van der Waals surface area contributed by atoms with E-state index < -0.39 is 0 Å². The molecule has 3 heteroatoms. The van der Waals surface area contributed by atoms with Crippen LogP contribution in [0.15, 0.2) is 18.2 Å². The van der Waals surface area contributed by atoms with E-state index in [1.807, 2.05) is 19.1 Å². The van der Waals surface area contributed by atoms with E-state index in [4.69, 9.17) is 11.6 Å². The van der Waals surface area contributed by atoms with E-state index in [1.54, 1.807) is 6.07 Å². The number of rotatable bonds is 2. The summed E-state index contributed by atoms with van der Waals surface area (Å²) in [6.07, 6.45) is 2.02. The van der Waals surface area contributed by atoms with Crippen molar-refractivity contribution in [2.75, 3.05) is 5.32 Å². The Hall–Kier alpha value is -1.02. The molecule has 0 saturated heterocycles. The zero-order valence-electron chi connectivity index (χ0n) is 8.01. The Balaban J connectivity index is 2.14. The van der Waals surface area contributed by atoms with Crippen LogP contribution in [0.25, 0.3) is 0 Å². The molecule has 1 aromatic carbocycles. The first-order valence-electron chi connectivity index (χ1n) is 4.74. The van der Waals surface area contributed by atoms with Gasteiger partial charge in [-0.25, -0.2) is 0 Å². The Kier molecular flexibility index (Phi) is 2.46. The number of amides is 1. The fourth-order valence-electron chi connectivity index (χ4n) is 1.32. The van der Waals surface area contributed by atoms with Gasteiger partial charge in [-0.3, -0.25) is 4.79 Å². The van der Waals surface area contributed by atoms with Crippen LogP contribution in [0.4, 0.5) is 5.69 Å². The van der Waals surface area contributed by atoms with E-state index in [1.165, 1.54) is 0 Å². The molecule has 2 nitrogen and oxygen atoms in total. The molecule has 1 aliphatic carbocycles. The normalized spacial score (nSPS) is 15.3. The van der Waals surface area contributed by atoms with Crippen LogP contribution in [-0.4, -0.2) is 5.91 Å². The molecule has 1 N–H and O–H groups in total. The maximum atomic E-state index is 11.5. The monoisotopic (exact) mass is 209 g/mol. The third kappa shape index (κ3) is 2.07. The molecule has 1 fully saturated rings.